The van der Waals surface area contributed by atoms with Crippen molar-refractivity contribution in [2.45, 2.75) is 19.9 Å². The molecule has 0 heterocycles. The molecule has 5 heteroatoms. The Bertz CT molecular complexity index is 392. The van der Waals surface area contributed by atoms with Crippen LogP contribution in [0.2, 0.25) is 5.02 Å². The monoisotopic (exact) mass is 254 g/mol. The first kappa shape index (κ1) is 13.8. The molecule has 0 bridgehead atoms. The van der Waals surface area contributed by atoms with E-state index < -0.39 is 0 Å². The zero-order chi connectivity index (χ0) is 12.8. The van der Waals surface area contributed by atoms with E-state index in [0.717, 1.165) is 10.6 Å². The van der Waals surface area contributed by atoms with E-state index in [1.54, 1.807) is 0 Å². The number of hydrogen-bond acceptors (Lipinski definition) is 2. The van der Waals surface area contributed by atoms with Crippen molar-refractivity contribution < 1.29 is 0 Å². The molecule has 0 saturated carbocycles. The molecule has 0 fully saturated rings. The van der Waals surface area contributed by atoms with E-state index in [9.17, 15) is 0 Å². The second-order valence-electron chi connectivity index (χ2n) is 3.75. The molecule has 1 aromatic rings. The highest BCUT2D eigenvalue weighted by atomic mass is 35.5. The third-order valence-corrected chi connectivity index (χ3v) is 3.05. The highest BCUT2D eigenvalue weighted by molar-refractivity contribution is 6.31. The Morgan fingerprint density at radius 2 is 2.18 bits per heavy atom. The van der Waals surface area contributed by atoms with Crippen LogP contribution < -0.4 is 11.3 Å². The molecular weight excluding hydrogens is 236 g/mol. The topological polar surface area (TPSA) is 53.6 Å². The van der Waals surface area contributed by atoms with Crippen LogP contribution in [0.4, 0.5) is 0 Å². The smallest absolute Gasteiger partial charge is 0.208 e. The van der Waals surface area contributed by atoms with Crippen LogP contribution in [0, 0.1) is 0 Å². The van der Waals surface area contributed by atoms with Crippen LogP contribution in [0.3, 0.4) is 0 Å². The SMILES string of the molecule is CCN=C(NN)N(C)C(C)c1ccccc1Cl. The molecular formula is C12H19ClN4. The number of rotatable bonds is 3. The standard InChI is InChI=1S/C12H19ClN4/c1-4-15-12(16-14)17(3)9(2)10-7-5-6-8-11(10)13/h5-9H,4,14H2,1-3H3,(H,15,16). The molecule has 0 radical (unpaired) electrons. The van der Waals surface area contributed by atoms with Crippen molar-refractivity contribution in [1.82, 2.24) is 10.3 Å². The summed E-state index contributed by atoms with van der Waals surface area (Å²) < 4.78 is 0. The van der Waals surface area contributed by atoms with Crippen LogP contribution in [0.15, 0.2) is 29.3 Å². The zero-order valence-corrected chi connectivity index (χ0v) is 11.2. The number of nitrogens with two attached hydrogens (primary N) is 1. The third kappa shape index (κ3) is 3.35. The minimum Gasteiger partial charge on any atom is -0.338 e. The lowest BCUT2D eigenvalue weighted by atomic mass is 10.1. The minimum atomic E-state index is 0.102. The van der Waals surface area contributed by atoms with Gasteiger partial charge in [0.15, 0.2) is 0 Å². The molecule has 4 nitrogen and oxygen atoms in total. The first-order valence-corrected chi connectivity index (χ1v) is 5.97. The van der Waals surface area contributed by atoms with E-state index >= 15 is 0 Å². The summed E-state index contributed by atoms with van der Waals surface area (Å²) in [5.41, 5.74) is 3.66. The molecule has 0 aromatic heterocycles. The van der Waals surface area contributed by atoms with Gasteiger partial charge in [-0.2, -0.15) is 0 Å². The van der Waals surface area contributed by atoms with Gasteiger partial charge in [0.25, 0.3) is 0 Å². The average Bonchev–Trinajstić information content (AvgIpc) is 2.35. The lowest BCUT2D eigenvalue weighted by molar-refractivity contribution is 0.387. The lowest BCUT2D eigenvalue weighted by Crippen LogP contribution is -2.44. The number of nitrogens with zero attached hydrogens (tertiary/aromatic N) is 2. The van der Waals surface area contributed by atoms with Crippen LogP contribution in [0.5, 0.6) is 0 Å². The highest BCUT2D eigenvalue weighted by Gasteiger charge is 2.16. The second-order valence-corrected chi connectivity index (χ2v) is 4.16. The molecule has 0 aliphatic rings. The van der Waals surface area contributed by atoms with Crippen molar-refractivity contribution in [1.29, 1.82) is 0 Å². The largest absolute Gasteiger partial charge is 0.338 e. The van der Waals surface area contributed by atoms with Crippen molar-refractivity contribution in [3.8, 4) is 0 Å². The van der Waals surface area contributed by atoms with Gasteiger partial charge in [0.2, 0.25) is 5.96 Å². The molecule has 1 aromatic carbocycles. The molecule has 1 unspecified atom stereocenters. The molecule has 0 amide bonds. The Morgan fingerprint density at radius 1 is 1.53 bits per heavy atom. The van der Waals surface area contributed by atoms with Gasteiger partial charge in [-0.05, 0) is 25.5 Å². The molecule has 1 rings (SSSR count). The number of halogens is 1. The number of hydrogen-bond donors (Lipinski definition) is 2. The van der Waals surface area contributed by atoms with Crippen LogP contribution in [-0.2, 0) is 0 Å². The summed E-state index contributed by atoms with van der Waals surface area (Å²) in [6.07, 6.45) is 0. The molecule has 0 spiro atoms. The summed E-state index contributed by atoms with van der Waals surface area (Å²) in [6, 6.07) is 7.88. The van der Waals surface area contributed by atoms with Gasteiger partial charge in [-0.1, -0.05) is 29.8 Å². The Balaban J connectivity index is 2.93. The van der Waals surface area contributed by atoms with Crippen molar-refractivity contribution >= 4 is 17.6 Å². The maximum absolute atomic E-state index is 6.17. The molecule has 94 valence electrons. The molecule has 1 atom stereocenters. The molecule has 0 saturated heterocycles. The molecule has 0 aliphatic heterocycles. The number of nitrogens with one attached hydrogen (secondary N) is 1. The minimum absolute atomic E-state index is 0.102. The van der Waals surface area contributed by atoms with E-state index in [1.165, 1.54) is 0 Å². The number of guanidine groups is 1. The number of aliphatic imine (C=N–C) groups is 1. The summed E-state index contributed by atoms with van der Waals surface area (Å²) in [6.45, 7) is 4.70. The van der Waals surface area contributed by atoms with Crippen LogP contribution in [-0.4, -0.2) is 24.5 Å². The first-order valence-electron chi connectivity index (χ1n) is 5.60. The predicted molar refractivity (Wildman–Crippen MR) is 72.9 cm³/mol. The predicted octanol–water partition coefficient (Wildman–Crippen LogP) is 2.17. The summed E-state index contributed by atoms with van der Waals surface area (Å²) in [5, 5.41) is 0.750. The maximum Gasteiger partial charge on any atom is 0.208 e. The first-order chi connectivity index (χ1) is 8.11. The fourth-order valence-corrected chi connectivity index (χ4v) is 1.91. The summed E-state index contributed by atoms with van der Waals surface area (Å²) >= 11 is 6.17. The quantitative estimate of drug-likeness (QED) is 0.376. The second kappa shape index (κ2) is 6.47. The van der Waals surface area contributed by atoms with Gasteiger partial charge in [-0.15, -0.1) is 0 Å². The van der Waals surface area contributed by atoms with Gasteiger partial charge in [0.05, 0.1) is 6.04 Å². The third-order valence-electron chi connectivity index (χ3n) is 2.71. The lowest BCUT2D eigenvalue weighted by Gasteiger charge is -2.28. The van der Waals surface area contributed by atoms with Crippen LogP contribution in [0.25, 0.3) is 0 Å². The fraction of sp³-hybridized carbons (Fsp3) is 0.417. The van der Waals surface area contributed by atoms with E-state index in [1.807, 2.05) is 43.1 Å². The average molecular weight is 255 g/mol. The van der Waals surface area contributed by atoms with Crippen molar-refractivity contribution in [3.05, 3.63) is 34.9 Å². The molecule has 17 heavy (non-hydrogen) atoms. The van der Waals surface area contributed by atoms with Crippen LogP contribution in [0.1, 0.15) is 25.5 Å². The maximum atomic E-state index is 6.17. The van der Waals surface area contributed by atoms with Crippen molar-refractivity contribution in [2.75, 3.05) is 13.6 Å². The van der Waals surface area contributed by atoms with Crippen molar-refractivity contribution in [3.63, 3.8) is 0 Å². The Morgan fingerprint density at radius 3 is 2.71 bits per heavy atom. The van der Waals surface area contributed by atoms with Gasteiger partial charge >= 0.3 is 0 Å². The molecule has 0 aliphatic carbocycles. The fourth-order valence-electron chi connectivity index (χ4n) is 1.61. The zero-order valence-electron chi connectivity index (χ0n) is 10.4. The summed E-state index contributed by atoms with van der Waals surface area (Å²) in [7, 11) is 1.93. The van der Waals surface area contributed by atoms with E-state index in [-0.39, 0.29) is 6.04 Å². The van der Waals surface area contributed by atoms with E-state index in [0.29, 0.717) is 12.5 Å². The van der Waals surface area contributed by atoms with Gasteiger partial charge < -0.3 is 4.90 Å². The normalized spacial score (nSPS) is 13.4. The Hall–Kier alpha value is -1.26. The summed E-state index contributed by atoms with van der Waals surface area (Å²) in [4.78, 5) is 6.25. The van der Waals surface area contributed by atoms with Crippen LogP contribution >= 0.6 is 11.6 Å². The number of hydrazine groups is 1. The van der Waals surface area contributed by atoms with Crippen molar-refractivity contribution in [2.24, 2.45) is 10.8 Å². The van der Waals surface area contributed by atoms with E-state index in [2.05, 4.69) is 17.3 Å². The number of benzene rings is 1. The van der Waals surface area contributed by atoms with Gasteiger partial charge in [0.1, 0.15) is 0 Å². The summed E-state index contributed by atoms with van der Waals surface area (Å²) in [5.74, 6) is 6.11. The van der Waals surface area contributed by atoms with E-state index in [4.69, 9.17) is 17.4 Å². The van der Waals surface area contributed by atoms with Gasteiger partial charge in [-0.25, -0.2) is 5.84 Å². The Labute approximate surface area is 107 Å². The Kier molecular flexibility index (Phi) is 5.25. The highest BCUT2D eigenvalue weighted by Crippen LogP contribution is 2.25. The van der Waals surface area contributed by atoms with Gasteiger partial charge in [-0.3, -0.25) is 10.4 Å². The van der Waals surface area contributed by atoms with Gasteiger partial charge in [0, 0.05) is 18.6 Å². The molecule has 3 N–H and O–H groups in total.